The molecule has 1 aromatic carbocycles. The van der Waals surface area contributed by atoms with Crippen LogP contribution in [0, 0.1) is 11.3 Å². The summed E-state index contributed by atoms with van der Waals surface area (Å²) in [5.41, 5.74) is 0.867. The highest BCUT2D eigenvalue weighted by Gasteiger charge is 2.51. The number of carbonyl (C=O) groups is 2. The molecular formula is C29H37Cl2F3N2O2. The number of hydrogen-bond donors (Lipinski definition) is 0. The molecule has 0 aliphatic carbocycles. The van der Waals surface area contributed by atoms with Gasteiger partial charge in [0.15, 0.2) is 0 Å². The van der Waals surface area contributed by atoms with Crippen LogP contribution in [0.1, 0.15) is 65.5 Å². The molecule has 1 aromatic rings. The molecular weight excluding hydrogens is 536 g/mol. The molecule has 1 heterocycles. The first kappa shape index (κ1) is 32.0. The molecule has 2 amide bonds. The lowest BCUT2D eigenvalue weighted by Gasteiger charge is -2.52. The minimum atomic E-state index is -4.56. The van der Waals surface area contributed by atoms with Gasteiger partial charge in [0.05, 0.1) is 11.5 Å². The van der Waals surface area contributed by atoms with Gasteiger partial charge in [-0.05, 0) is 62.5 Å². The summed E-state index contributed by atoms with van der Waals surface area (Å²) >= 11 is 12.5. The molecule has 0 bridgehead atoms. The van der Waals surface area contributed by atoms with Gasteiger partial charge in [-0.2, -0.15) is 13.2 Å². The molecule has 38 heavy (non-hydrogen) atoms. The number of benzene rings is 1. The Bertz CT molecular complexity index is 1060. The van der Waals surface area contributed by atoms with Crippen LogP contribution in [-0.4, -0.2) is 46.9 Å². The Balaban J connectivity index is 2.77. The lowest BCUT2D eigenvalue weighted by atomic mass is 9.66. The monoisotopic (exact) mass is 572 g/mol. The van der Waals surface area contributed by atoms with Crippen molar-refractivity contribution in [3.8, 4) is 0 Å². The average Bonchev–Trinajstić information content (AvgIpc) is 2.82. The van der Waals surface area contributed by atoms with Crippen molar-refractivity contribution < 1.29 is 22.8 Å². The second-order valence-corrected chi connectivity index (χ2v) is 11.2. The van der Waals surface area contributed by atoms with Gasteiger partial charge in [-0.1, -0.05) is 61.3 Å². The maximum absolute atomic E-state index is 14.3. The minimum absolute atomic E-state index is 0.182. The van der Waals surface area contributed by atoms with E-state index in [-0.39, 0.29) is 18.4 Å². The van der Waals surface area contributed by atoms with Crippen molar-refractivity contribution in [1.29, 1.82) is 0 Å². The fourth-order valence-corrected chi connectivity index (χ4v) is 5.63. The number of allylic oxidation sites excluding steroid dienone is 4. The molecule has 210 valence electrons. The van der Waals surface area contributed by atoms with Gasteiger partial charge < -0.3 is 9.80 Å². The minimum Gasteiger partial charge on any atom is -0.332 e. The van der Waals surface area contributed by atoms with Crippen LogP contribution in [0.5, 0.6) is 0 Å². The number of amides is 2. The number of likely N-dealkylation sites (tertiary alicyclic amines) is 1. The van der Waals surface area contributed by atoms with E-state index in [1.54, 1.807) is 30.0 Å². The zero-order valence-corrected chi connectivity index (χ0v) is 24.1. The highest BCUT2D eigenvalue weighted by Crippen LogP contribution is 2.51. The molecule has 1 fully saturated rings. The third kappa shape index (κ3) is 7.89. The summed E-state index contributed by atoms with van der Waals surface area (Å²) in [6.07, 6.45) is 2.17. The Hall–Kier alpha value is -2.25. The van der Waals surface area contributed by atoms with Gasteiger partial charge >= 0.3 is 6.18 Å². The first-order chi connectivity index (χ1) is 17.7. The molecule has 4 nitrogen and oxygen atoms in total. The molecule has 1 saturated heterocycles. The van der Waals surface area contributed by atoms with Gasteiger partial charge in [0.25, 0.3) is 0 Å². The molecule has 1 aliphatic heterocycles. The highest BCUT2D eigenvalue weighted by atomic mass is 35.5. The van der Waals surface area contributed by atoms with Crippen LogP contribution >= 0.6 is 23.2 Å². The quantitative estimate of drug-likeness (QED) is 0.210. The fourth-order valence-electron chi connectivity index (χ4n) is 5.37. The number of carbonyl (C=O) groups excluding carboxylic acids is 2. The second kappa shape index (κ2) is 13.2. The zero-order chi connectivity index (χ0) is 28.8. The van der Waals surface area contributed by atoms with Gasteiger partial charge in [0, 0.05) is 35.5 Å². The van der Waals surface area contributed by atoms with Crippen molar-refractivity contribution in [2.24, 2.45) is 11.3 Å². The average molecular weight is 574 g/mol. The summed E-state index contributed by atoms with van der Waals surface area (Å²) in [5.74, 6) is -1.11. The lowest BCUT2D eigenvalue weighted by molar-refractivity contribution is -0.166. The van der Waals surface area contributed by atoms with Crippen LogP contribution < -0.4 is 0 Å². The van der Waals surface area contributed by atoms with Gasteiger partial charge in [-0.3, -0.25) is 9.59 Å². The number of piperidine rings is 1. The third-order valence-corrected chi connectivity index (χ3v) is 7.51. The van der Waals surface area contributed by atoms with E-state index in [2.05, 4.69) is 6.58 Å². The smallest absolute Gasteiger partial charge is 0.332 e. The second-order valence-electron chi connectivity index (χ2n) is 10.2. The van der Waals surface area contributed by atoms with Crippen LogP contribution in [0.25, 0.3) is 0 Å². The van der Waals surface area contributed by atoms with Crippen molar-refractivity contribution in [1.82, 2.24) is 9.80 Å². The summed E-state index contributed by atoms with van der Waals surface area (Å²) < 4.78 is 40.1. The van der Waals surface area contributed by atoms with Crippen molar-refractivity contribution in [3.63, 3.8) is 0 Å². The Morgan fingerprint density at radius 3 is 2.34 bits per heavy atom. The third-order valence-electron chi connectivity index (χ3n) is 7.15. The van der Waals surface area contributed by atoms with Crippen molar-refractivity contribution in [2.75, 3.05) is 13.1 Å². The van der Waals surface area contributed by atoms with E-state index < -0.39 is 36.1 Å². The van der Waals surface area contributed by atoms with Gasteiger partial charge in [0.1, 0.15) is 6.54 Å². The van der Waals surface area contributed by atoms with E-state index in [4.69, 9.17) is 23.2 Å². The molecule has 1 aliphatic rings. The highest BCUT2D eigenvalue weighted by molar-refractivity contribution is 6.30. The summed E-state index contributed by atoms with van der Waals surface area (Å²) in [4.78, 5) is 29.0. The molecule has 2 unspecified atom stereocenters. The van der Waals surface area contributed by atoms with Crippen LogP contribution in [0.4, 0.5) is 13.2 Å². The Morgan fingerprint density at radius 1 is 1.29 bits per heavy atom. The molecule has 0 N–H and O–H groups in total. The first-order valence-corrected chi connectivity index (χ1v) is 13.4. The van der Waals surface area contributed by atoms with Gasteiger partial charge in [0.2, 0.25) is 11.8 Å². The predicted molar refractivity (Wildman–Crippen MR) is 148 cm³/mol. The van der Waals surface area contributed by atoms with E-state index in [0.29, 0.717) is 29.3 Å². The van der Waals surface area contributed by atoms with Crippen LogP contribution in [0.2, 0.25) is 5.02 Å². The molecule has 2 rings (SSSR count). The van der Waals surface area contributed by atoms with E-state index in [0.717, 1.165) is 23.0 Å². The molecule has 0 spiro atoms. The number of halogens is 5. The Labute approximate surface area is 234 Å². The van der Waals surface area contributed by atoms with Crippen molar-refractivity contribution in [3.05, 3.63) is 70.3 Å². The SMILES string of the molecule is C=CC[C@@]1(C)CC(C(=C/C)/C=C(\C)Cl)[C@@H](c2ccc(Cl)cc2)N(C(CC)CN(CC(F)(F)F)C(C)=O)C1=O. The normalized spacial score (nSPS) is 23.8. The molecule has 0 radical (unpaired) electrons. The maximum Gasteiger partial charge on any atom is 0.406 e. The van der Waals surface area contributed by atoms with Crippen LogP contribution in [-0.2, 0) is 9.59 Å². The lowest BCUT2D eigenvalue weighted by Crippen LogP contribution is -2.59. The van der Waals surface area contributed by atoms with E-state index in [9.17, 15) is 22.8 Å². The Morgan fingerprint density at radius 2 is 1.89 bits per heavy atom. The van der Waals surface area contributed by atoms with Gasteiger partial charge in [-0.25, -0.2) is 0 Å². The zero-order valence-electron chi connectivity index (χ0n) is 22.6. The predicted octanol–water partition coefficient (Wildman–Crippen LogP) is 8.09. The van der Waals surface area contributed by atoms with E-state index in [1.807, 2.05) is 45.1 Å². The number of alkyl halides is 3. The standard InChI is InChI=1S/C29H37Cl2F3N2O2/c1-7-14-28(6)16-25(21(8-2)15-19(4)30)26(22-10-12-23(31)13-11-22)36(27(28)38)24(9-3)17-35(20(5)37)18-29(32,33)34/h7-8,10-13,15,24-26H,1,9,14,16-18H2,2-6H3/b19-15+,21-8+/t24?,25?,26-,28+/m1/s1. The summed E-state index contributed by atoms with van der Waals surface area (Å²) in [5, 5.41) is 1.10. The van der Waals surface area contributed by atoms with Gasteiger partial charge in [-0.15, -0.1) is 6.58 Å². The maximum atomic E-state index is 14.3. The fraction of sp³-hybridized carbons (Fsp3) is 0.517. The summed E-state index contributed by atoms with van der Waals surface area (Å²) in [7, 11) is 0. The summed E-state index contributed by atoms with van der Waals surface area (Å²) in [6, 6.07) is 5.97. The van der Waals surface area contributed by atoms with E-state index in [1.165, 1.54) is 0 Å². The number of rotatable bonds is 10. The van der Waals surface area contributed by atoms with E-state index >= 15 is 0 Å². The largest absolute Gasteiger partial charge is 0.406 e. The Kier molecular flexibility index (Phi) is 11.1. The molecule has 0 saturated carbocycles. The van der Waals surface area contributed by atoms with Crippen molar-refractivity contribution >= 4 is 35.0 Å². The van der Waals surface area contributed by atoms with Crippen LogP contribution in [0.15, 0.2) is 59.7 Å². The topological polar surface area (TPSA) is 40.6 Å². The molecule has 9 heteroatoms. The molecule has 0 aromatic heterocycles. The van der Waals surface area contributed by atoms with Crippen LogP contribution in [0.3, 0.4) is 0 Å². The number of hydrogen-bond acceptors (Lipinski definition) is 2. The first-order valence-electron chi connectivity index (χ1n) is 12.7. The number of nitrogens with zero attached hydrogens (tertiary/aromatic N) is 2. The van der Waals surface area contributed by atoms with Crippen molar-refractivity contribution in [2.45, 2.75) is 72.1 Å². The summed E-state index contributed by atoms with van der Waals surface area (Å²) in [6.45, 7) is 10.7. The molecule has 4 atom stereocenters.